The maximum atomic E-state index is 12.1. The van der Waals surface area contributed by atoms with Gasteiger partial charge in [-0.25, -0.2) is 0 Å². The maximum Gasteiger partial charge on any atom is 0.252 e. The van der Waals surface area contributed by atoms with Crippen molar-refractivity contribution in [2.75, 3.05) is 13.7 Å². The SMILES string of the molecule is COc1ccccc1C1(CNC(=O)c2cccnc2)CC1. The van der Waals surface area contributed by atoms with E-state index in [1.807, 2.05) is 18.2 Å². The molecule has 0 spiro atoms. The van der Waals surface area contributed by atoms with Crippen molar-refractivity contribution >= 4 is 5.91 Å². The summed E-state index contributed by atoms with van der Waals surface area (Å²) in [5.41, 5.74) is 1.79. The average Bonchev–Trinajstić information content (AvgIpc) is 3.34. The molecular formula is C17H18N2O2. The molecule has 1 N–H and O–H groups in total. The van der Waals surface area contributed by atoms with Gasteiger partial charge in [-0.3, -0.25) is 9.78 Å². The summed E-state index contributed by atoms with van der Waals surface area (Å²) in [6, 6.07) is 11.6. The van der Waals surface area contributed by atoms with Crippen molar-refractivity contribution < 1.29 is 9.53 Å². The molecule has 1 aromatic heterocycles. The van der Waals surface area contributed by atoms with Gasteiger partial charge in [-0.15, -0.1) is 0 Å². The maximum absolute atomic E-state index is 12.1. The number of aromatic nitrogens is 1. The minimum atomic E-state index is -0.0794. The summed E-state index contributed by atoms with van der Waals surface area (Å²) in [5.74, 6) is 0.815. The van der Waals surface area contributed by atoms with E-state index in [1.54, 1.807) is 31.6 Å². The molecule has 108 valence electrons. The quantitative estimate of drug-likeness (QED) is 0.917. The molecule has 1 aromatic carbocycles. The number of ether oxygens (including phenoxy) is 1. The molecule has 0 bridgehead atoms. The molecule has 0 aliphatic heterocycles. The third-order valence-electron chi connectivity index (χ3n) is 4.04. The molecular weight excluding hydrogens is 264 g/mol. The number of pyridine rings is 1. The summed E-state index contributed by atoms with van der Waals surface area (Å²) in [7, 11) is 1.68. The molecule has 3 rings (SSSR count). The van der Waals surface area contributed by atoms with Gasteiger partial charge in [-0.05, 0) is 31.0 Å². The van der Waals surface area contributed by atoms with Crippen LogP contribution in [0.2, 0.25) is 0 Å². The second-order valence-corrected chi connectivity index (χ2v) is 5.40. The minimum Gasteiger partial charge on any atom is -0.496 e. The smallest absolute Gasteiger partial charge is 0.252 e. The second-order valence-electron chi connectivity index (χ2n) is 5.40. The van der Waals surface area contributed by atoms with E-state index in [2.05, 4.69) is 16.4 Å². The van der Waals surface area contributed by atoms with Crippen LogP contribution in [0.3, 0.4) is 0 Å². The monoisotopic (exact) mass is 282 g/mol. The Morgan fingerprint density at radius 3 is 2.76 bits per heavy atom. The number of hydrogen-bond donors (Lipinski definition) is 1. The lowest BCUT2D eigenvalue weighted by Gasteiger charge is -2.19. The predicted octanol–water partition coefficient (Wildman–Crippen LogP) is 2.55. The molecule has 1 aliphatic carbocycles. The van der Waals surface area contributed by atoms with Crippen LogP contribution >= 0.6 is 0 Å². The molecule has 0 saturated heterocycles. The fraction of sp³-hybridized carbons (Fsp3) is 0.294. The number of hydrogen-bond acceptors (Lipinski definition) is 3. The van der Waals surface area contributed by atoms with Crippen LogP contribution in [-0.4, -0.2) is 24.5 Å². The molecule has 2 aromatic rings. The number of nitrogens with zero attached hydrogens (tertiary/aromatic N) is 1. The number of rotatable bonds is 5. The molecule has 1 amide bonds. The van der Waals surface area contributed by atoms with Crippen LogP contribution < -0.4 is 10.1 Å². The molecule has 1 saturated carbocycles. The molecule has 4 heteroatoms. The molecule has 4 nitrogen and oxygen atoms in total. The van der Waals surface area contributed by atoms with E-state index >= 15 is 0 Å². The van der Waals surface area contributed by atoms with Crippen LogP contribution in [0.1, 0.15) is 28.8 Å². The molecule has 0 unspecified atom stereocenters. The van der Waals surface area contributed by atoms with Gasteiger partial charge >= 0.3 is 0 Å². The van der Waals surface area contributed by atoms with Gasteiger partial charge in [0.15, 0.2) is 0 Å². The predicted molar refractivity (Wildman–Crippen MR) is 80.5 cm³/mol. The lowest BCUT2D eigenvalue weighted by atomic mass is 9.94. The summed E-state index contributed by atoms with van der Waals surface area (Å²) in [4.78, 5) is 16.1. The first-order valence-electron chi connectivity index (χ1n) is 7.07. The van der Waals surface area contributed by atoms with E-state index in [0.29, 0.717) is 12.1 Å². The molecule has 1 heterocycles. The Hall–Kier alpha value is -2.36. The zero-order valence-electron chi connectivity index (χ0n) is 12.0. The number of carbonyl (C=O) groups is 1. The Bertz CT molecular complexity index is 636. The number of carbonyl (C=O) groups excluding carboxylic acids is 1. The highest BCUT2D eigenvalue weighted by molar-refractivity contribution is 5.93. The Balaban J connectivity index is 1.72. The number of amides is 1. The van der Waals surface area contributed by atoms with Gasteiger partial charge in [0.05, 0.1) is 12.7 Å². The van der Waals surface area contributed by atoms with Crippen molar-refractivity contribution in [2.24, 2.45) is 0 Å². The lowest BCUT2D eigenvalue weighted by Crippen LogP contribution is -2.32. The van der Waals surface area contributed by atoms with Crippen LogP contribution in [0, 0.1) is 0 Å². The van der Waals surface area contributed by atoms with Crippen molar-refractivity contribution in [1.82, 2.24) is 10.3 Å². The second kappa shape index (κ2) is 5.56. The average molecular weight is 282 g/mol. The fourth-order valence-corrected chi connectivity index (χ4v) is 2.62. The van der Waals surface area contributed by atoms with Crippen molar-refractivity contribution in [3.8, 4) is 5.75 Å². The zero-order valence-corrected chi connectivity index (χ0v) is 12.0. The standard InChI is InChI=1S/C17H18N2O2/c1-21-15-7-3-2-6-14(15)17(8-9-17)12-19-16(20)13-5-4-10-18-11-13/h2-7,10-11H,8-9,12H2,1H3,(H,19,20). The van der Waals surface area contributed by atoms with E-state index in [9.17, 15) is 4.79 Å². The van der Waals surface area contributed by atoms with Gasteiger partial charge in [-0.2, -0.15) is 0 Å². The number of methoxy groups -OCH3 is 1. The van der Waals surface area contributed by atoms with Crippen LogP contribution in [0.15, 0.2) is 48.8 Å². The van der Waals surface area contributed by atoms with E-state index < -0.39 is 0 Å². The molecule has 0 atom stereocenters. The molecule has 21 heavy (non-hydrogen) atoms. The highest BCUT2D eigenvalue weighted by Crippen LogP contribution is 2.50. The summed E-state index contributed by atoms with van der Waals surface area (Å²) in [5, 5.41) is 3.02. The highest BCUT2D eigenvalue weighted by atomic mass is 16.5. The topological polar surface area (TPSA) is 51.2 Å². The highest BCUT2D eigenvalue weighted by Gasteiger charge is 2.46. The third-order valence-corrected chi connectivity index (χ3v) is 4.04. The Morgan fingerprint density at radius 1 is 1.29 bits per heavy atom. The van der Waals surface area contributed by atoms with Crippen LogP contribution in [0.25, 0.3) is 0 Å². The Morgan fingerprint density at radius 2 is 2.10 bits per heavy atom. The van der Waals surface area contributed by atoms with Gasteiger partial charge in [0.1, 0.15) is 5.75 Å². The molecule has 0 radical (unpaired) electrons. The van der Waals surface area contributed by atoms with E-state index in [0.717, 1.165) is 18.6 Å². The van der Waals surface area contributed by atoms with Gasteiger partial charge < -0.3 is 10.1 Å². The Kier molecular flexibility index (Phi) is 3.60. The van der Waals surface area contributed by atoms with Crippen LogP contribution in [0.4, 0.5) is 0 Å². The molecule has 1 aliphatic rings. The van der Waals surface area contributed by atoms with Gasteiger partial charge in [-0.1, -0.05) is 18.2 Å². The van der Waals surface area contributed by atoms with E-state index in [1.165, 1.54) is 5.56 Å². The summed E-state index contributed by atoms with van der Waals surface area (Å²) < 4.78 is 5.44. The zero-order chi connectivity index (χ0) is 14.7. The molecule has 1 fully saturated rings. The largest absolute Gasteiger partial charge is 0.496 e. The first-order chi connectivity index (χ1) is 10.2. The third kappa shape index (κ3) is 2.75. The van der Waals surface area contributed by atoms with Crippen LogP contribution in [-0.2, 0) is 5.41 Å². The first-order valence-corrected chi connectivity index (χ1v) is 7.07. The van der Waals surface area contributed by atoms with E-state index in [4.69, 9.17) is 4.74 Å². The lowest BCUT2D eigenvalue weighted by molar-refractivity contribution is 0.0949. The summed E-state index contributed by atoms with van der Waals surface area (Å²) in [6.45, 7) is 0.626. The van der Waals surface area contributed by atoms with Crippen molar-refractivity contribution in [2.45, 2.75) is 18.3 Å². The first kappa shape index (κ1) is 13.6. The summed E-state index contributed by atoms with van der Waals surface area (Å²) in [6.07, 6.45) is 5.38. The Labute approximate surface area is 124 Å². The fourth-order valence-electron chi connectivity index (χ4n) is 2.62. The van der Waals surface area contributed by atoms with Gasteiger partial charge in [0.2, 0.25) is 0 Å². The van der Waals surface area contributed by atoms with Crippen LogP contribution in [0.5, 0.6) is 5.75 Å². The number of nitrogens with one attached hydrogen (secondary N) is 1. The van der Waals surface area contributed by atoms with Crippen molar-refractivity contribution in [3.05, 3.63) is 59.9 Å². The van der Waals surface area contributed by atoms with E-state index in [-0.39, 0.29) is 11.3 Å². The van der Waals surface area contributed by atoms with Crippen molar-refractivity contribution in [3.63, 3.8) is 0 Å². The number of para-hydroxylation sites is 1. The van der Waals surface area contributed by atoms with Crippen molar-refractivity contribution in [1.29, 1.82) is 0 Å². The summed E-state index contributed by atoms with van der Waals surface area (Å²) >= 11 is 0. The number of benzene rings is 1. The minimum absolute atomic E-state index is 0.0183. The normalized spacial score (nSPS) is 15.3. The van der Waals surface area contributed by atoms with Gasteiger partial charge in [0.25, 0.3) is 5.91 Å². The van der Waals surface area contributed by atoms with Gasteiger partial charge in [0, 0.05) is 29.9 Å².